The third-order valence-corrected chi connectivity index (χ3v) is 10.6. The van der Waals surface area contributed by atoms with Gasteiger partial charge in [0.25, 0.3) is 0 Å². The van der Waals surface area contributed by atoms with Crippen molar-refractivity contribution in [1.29, 1.82) is 0 Å². The summed E-state index contributed by atoms with van der Waals surface area (Å²) in [6.07, 6.45) is 14.9. The van der Waals surface area contributed by atoms with E-state index >= 15 is 0 Å². The number of hydrogen-bond acceptors (Lipinski definition) is 6. The Bertz CT molecular complexity index is 960. The zero-order valence-electron chi connectivity index (χ0n) is 23.2. The van der Waals surface area contributed by atoms with Crippen molar-refractivity contribution in [3.63, 3.8) is 0 Å². The van der Waals surface area contributed by atoms with Gasteiger partial charge in [-0.1, -0.05) is 13.0 Å². The van der Waals surface area contributed by atoms with Crippen LogP contribution in [0.3, 0.4) is 0 Å². The lowest BCUT2D eigenvalue weighted by Gasteiger charge is -2.43. The Balaban J connectivity index is 1.32. The first-order valence-corrected chi connectivity index (χ1v) is 15.9. The smallest absolute Gasteiger partial charge is 0.410 e. The number of carbonyl (C=O) groups excluding carboxylic acids is 2. The van der Waals surface area contributed by atoms with Crippen LogP contribution in [0.4, 0.5) is 4.79 Å². The highest BCUT2D eigenvalue weighted by Crippen LogP contribution is 2.44. The molecule has 216 valence electrons. The molecule has 5 aliphatic rings. The quantitative estimate of drug-likeness (QED) is 0.466. The zero-order valence-corrected chi connectivity index (χ0v) is 24.0. The van der Waals surface area contributed by atoms with Gasteiger partial charge in [0.15, 0.2) is 0 Å². The van der Waals surface area contributed by atoms with Gasteiger partial charge in [-0.3, -0.25) is 9.59 Å². The summed E-state index contributed by atoms with van der Waals surface area (Å²) in [4.78, 5) is 44.1. The molecule has 2 heterocycles. The van der Waals surface area contributed by atoms with Crippen molar-refractivity contribution in [2.45, 2.75) is 107 Å². The maximum Gasteiger partial charge on any atom is 0.410 e. The van der Waals surface area contributed by atoms with Crippen molar-refractivity contribution < 1.29 is 29.0 Å². The summed E-state index contributed by atoms with van der Waals surface area (Å²) in [5.74, 6) is -0.125. The Morgan fingerprint density at radius 1 is 1.03 bits per heavy atom. The molecule has 5 rings (SSSR count). The molecule has 0 spiro atoms. The molecule has 39 heavy (non-hydrogen) atoms. The molecule has 0 aromatic heterocycles. The lowest BCUT2D eigenvalue weighted by molar-refractivity contribution is -0.145. The van der Waals surface area contributed by atoms with E-state index in [0.717, 1.165) is 62.7 Å². The van der Waals surface area contributed by atoms with Crippen LogP contribution in [0.5, 0.6) is 0 Å². The van der Waals surface area contributed by atoms with Gasteiger partial charge in [0.1, 0.15) is 11.4 Å². The number of allylic oxidation sites excluding steroid dienone is 2. The highest BCUT2D eigenvalue weighted by molar-refractivity contribution is 8.04. The third-order valence-electron chi connectivity index (χ3n) is 9.25. The molecule has 0 aromatic rings. The molecule has 2 atom stereocenters. The number of rotatable bonds is 6. The third kappa shape index (κ3) is 6.84. The molecule has 0 aromatic carbocycles. The molecule has 3 aliphatic carbocycles. The van der Waals surface area contributed by atoms with Crippen molar-refractivity contribution in [2.75, 3.05) is 26.3 Å². The second-order valence-electron chi connectivity index (χ2n) is 12.0. The summed E-state index contributed by atoms with van der Waals surface area (Å²) >= 11 is 1.43. The molecular formula is C30H44N2O6S. The van der Waals surface area contributed by atoms with Gasteiger partial charge < -0.3 is 24.4 Å². The van der Waals surface area contributed by atoms with Crippen LogP contribution in [0.1, 0.15) is 84.0 Å². The maximum atomic E-state index is 14.2. The van der Waals surface area contributed by atoms with E-state index in [9.17, 15) is 19.5 Å². The summed E-state index contributed by atoms with van der Waals surface area (Å²) in [5.41, 5.74) is 1.25. The van der Waals surface area contributed by atoms with Crippen LogP contribution in [0.25, 0.3) is 0 Å². The van der Waals surface area contributed by atoms with Gasteiger partial charge in [-0.05, 0) is 94.6 Å². The van der Waals surface area contributed by atoms with Gasteiger partial charge >= 0.3 is 12.1 Å². The van der Waals surface area contributed by atoms with Crippen molar-refractivity contribution in [3.05, 3.63) is 22.6 Å². The topological polar surface area (TPSA) is 96.4 Å². The van der Waals surface area contributed by atoms with Crippen molar-refractivity contribution in [1.82, 2.24) is 9.80 Å². The second-order valence-corrected chi connectivity index (χ2v) is 13.2. The Morgan fingerprint density at radius 2 is 1.74 bits per heavy atom. The predicted octanol–water partition coefficient (Wildman–Crippen LogP) is 5.37. The first-order valence-electron chi connectivity index (χ1n) is 15.1. The van der Waals surface area contributed by atoms with E-state index in [1.54, 1.807) is 4.90 Å². The molecule has 2 unspecified atom stereocenters. The summed E-state index contributed by atoms with van der Waals surface area (Å²) in [7, 11) is 0. The Labute approximate surface area is 236 Å². The van der Waals surface area contributed by atoms with E-state index in [0.29, 0.717) is 45.1 Å². The summed E-state index contributed by atoms with van der Waals surface area (Å²) in [5, 5.41) is 9.57. The van der Waals surface area contributed by atoms with E-state index in [1.165, 1.54) is 23.8 Å². The standard InChI is InChI=1S/C30H44N2O6S/c1-20-7-9-22(10-8-20)28(33)32(25-19-26(39-27(25)29(34)35)21-5-3-2-4-6-21)23-11-13-24(14-12-23)38-30(36)31-15-17-37-18-16-31/h5,19-20,22-25,27H,2-4,6-18H2,1H3,(H,34,35). The monoisotopic (exact) mass is 560 g/mol. The van der Waals surface area contributed by atoms with E-state index in [4.69, 9.17) is 9.47 Å². The number of morpholine rings is 1. The average molecular weight is 561 g/mol. The Kier molecular flexibility index (Phi) is 9.59. The van der Waals surface area contributed by atoms with Gasteiger partial charge in [0.2, 0.25) is 5.91 Å². The fourth-order valence-electron chi connectivity index (χ4n) is 6.85. The highest BCUT2D eigenvalue weighted by Gasteiger charge is 2.45. The lowest BCUT2D eigenvalue weighted by atomic mass is 9.81. The van der Waals surface area contributed by atoms with Gasteiger partial charge in [0.05, 0.1) is 19.3 Å². The van der Waals surface area contributed by atoms with Crippen LogP contribution < -0.4 is 0 Å². The Hall–Kier alpha value is -2.00. The number of hydrogen-bond donors (Lipinski definition) is 1. The molecule has 1 N–H and O–H groups in total. The fourth-order valence-corrected chi connectivity index (χ4v) is 8.13. The maximum absolute atomic E-state index is 14.2. The Morgan fingerprint density at radius 3 is 2.38 bits per heavy atom. The molecule has 3 fully saturated rings. The summed E-state index contributed by atoms with van der Waals surface area (Å²) < 4.78 is 11.2. The van der Waals surface area contributed by atoms with Crippen LogP contribution in [0.15, 0.2) is 22.6 Å². The molecule has 0 bridgehead atoms. The minimum atomic E-state index is -0.851. The molecule has 1 saturated heterocycles. The van der Waals surface area contributed by atoms with Gasteiger partial charge in [0, 0.05) is 30.0 Å². The number of ether oxygens (including phenoxy) is 2. The predicted molar refractivity (Wildman–Crippen MR) is 150 cm³/mol. The van der Waals surface area contributed by atoms with Gasteiger partial charge in [-0.25, -0.2) is 4.79 Å². The lowest BCUT2D eigenvalue weighted by Crippen LogP contribution is -2.54. The van der Waals surface area contributed by atoms with Gasteiger partial charge in [-0.2, -0.15) is 0 Å². The van der Waals surface area contributed by atoms with Crippen LogP contribution >= 0.6 is 11.8 Å². The van der Waals surface area contributed by atoms with Crippen molar-refractivity contribution in [3.8, 4) is 0 Å². The molecule has 2 amide bonds. The minimum Gasteiger partial charge on any atom is -0.480 e. The first-order chi connectivity index (χ1) is 18.9. The highest BCUT2D eigenvalue weighted by atomic mass is 32.2. The van der Waals surface area contributed by atoms with Crippen molar-refractivity contribution >= 4 is 29.7 Å². The van der Waals surface area contributed by atoms with Crippen molar-refractivity contribution in [2.24, 2.45) is 11.8 Å². The second kappa shape index (κ2) is 13.1. The van der Waals surface area contributed by atoms with Crippen LogP contribution in [0, 0.1) is 11.8 Å². The number of amides is 2. The first kappa shape index (κ1) is 28.5. The van der Waals surface area contributed by atoms with E-state index in [-0.39, 0.29) is 30.1 Å². The molecule has 9 heteroatoms. The minimum absolute atomic E-state index is 0.0381. The number of carboxylic acids is 1. The molecule has 2 aliphatic heterocycles. The summed E-state index contributed by atoms with van der Waals surface area (Å²) in [6, 6.07) is -0.492. The van der Waals surface area contributed by atoms with E-state index in [2.05, 4.69) is 19.1 Å². The largest absolute Gasteiger partial charge is 0.480 e. The van der Waals surface area contributed by atoms with E-state index < -0.39 is 17.3 Å². The number of carboxylic acid groups (broad SMARTS) is 1. The number of aliphatic carboxylic acids is 1. The number of carbonyl (C=O) groups is 3. The molecular weight excluding hydrogens is 516 g/mol. The van der Waals surface area contributed by atoms with Crippen LogP contribution in [0.2, 0.25) is 0 Å². The van der Waals surface area contributed by atoms with E-state index in [1.807, 2.05) is 4.90 Å². The molecule has 0 radical (unpaired) electrons. The van der Waals surface area contributed by atoms with Crippen LogP contribution in [-0.2, 0) is 19.1 Å². The molecule has 8 nitrogen and oxygen atoms in total. The average Bonchev–Trinajstić information content (AvgIpc) is 3.41. The number of nitrogens with zero attached hydrogens (tertiary/aromatic N) is 2. The zero-order chi connectivity index (χ0) is 27.4. The SMILES string of the molecule is CC1CCC(C(=O)N(C2CCC(OC(=O)N3CCOCC3)CC2)C2C=C(C3=CCCCC3)SC2C(=O)O)CC1. The molecule has 2 saturated carbocycles. The number of thioether (sulfide) groups is 1. The normalized spacial score (nSPS) is 33.6. The fraction of sp³-hybridized carbons (Fsp3) is 0.767. The summed E-state index contributed by atoms with van der Waals surface area (Å²) in [6.45, 7) is 4.43. The van der Waals surface area contributed by atoms with Crippen LogP contribution in [-0.4, -0.2) is 82.6 Å². The van der Waals surface area contributed by atoms with Gasteiger partial charge in [-0.15, -0.1) is 11.8 Å².